The highest BCUT2D eigenvalue weighted by molar-refractivity contribution is 5.14. The lowest BCUT2D eigenvalue weighted by Gasteiger charge is -2.25. The number of hydrogen-bond acceptors (Lipinski definition) is 5. The lowest BCUT2D eigenvalue weighted by Crippen LogP contribution is -2.35. The van der Waals surface area contributed by atoms with Gasteiger partial charge in [-0.3, -0.25) is 0 Å². The summed E-state index contributed by atoms with van der Waals surface area (Å²) in [6.07, 6.45) is -0.632. The Labute approximate surface area is 166 Å². The van der Waals surface area contributed by atoms with Crippen molar-refractivity contribution in [1.82, 2.24) is 0 Å². The third-order valence-corrected chi connectivity index (χ3v) is 5.11. The van der Waals surface area contributed by atoms with Crippen molar-refractivity contribution in [2.75, 3.05) is 13.2 Å². The van der Waals surface area contributed by atoms with Gasteiger partial charge in [0.1, 0.15) is 6.10 Å². The Hall–Kier alpha value is -1.76. The van der Waals surface area contributed by atoms with Gasteiger partial charge in [0.25, 0.3) is 0 Å². The largest absolute Gasteiger partial charge is 0.376 e. The van der Waals surface area contributed by atoms with Crippen LogP contribution in [0.2, 0.25) is 0 Å². The Kier molecular flexibility index (Phi) is 6.09. The zero-order valence-electron chi connectivity index (χ0n) is 16.5. The first kappa shape index (κ1) is 19.6. The Bertz CT molecular complexity index is 733. The molecule has 0 saturated carbocycles. The monoisotopic (exact) mass is 384 g/mol. The Morgan fingerprint density at radius 3 is 1.96 bits per heavy atom. The van der Waals surface area contributed by atoms with E-state index in [9.17, 15) is 0 Å². The molecule has 5 heteroatoms. The van der Waals surface area contributed by atoms with Crippen LogP contribution in [-0.4, -0.2) is 37.5 Å². The van der Waals surface area contributed by atoms with E-state index in [0.29, 0.717) is 26.4 Å². The molecule has 2 aromatic rings. The van der Waals surface area contributed by atoms with Crippen molar-refractivity contribution >= 4 is 0 Å². The summed E-state index contributed by atoms with van der Waals surface area (Å²) in [6, 6.07) is 20.3. The molecule has 5 nitrogen and oxygen atoms in total. The molecule has 2 heterocycles. The van der Waals surface area contributed by atoms with Gasteiger partial charge in [-0.15, -0.1) is 0 Å². The highest BCUT2D eigenvalue weighted by atomic mass is 16.8. The maximum absolute atomic E-state index is 6.12. The first-order valence-corrected chi connectivity index (χ1v) is 9.85. The van der Waals surface area contributed by atoms with Crippen LogP contribution in [0.15, 0.2) is 60.7 Å². The smallest absolute Gasteiger partial charge is 0.188 e. The van der Waals surface area contributed by atoms with Gasteiger partial charge in [-0.25, -0.2) is 0 Å². The van der Waals surface area contributed by atoms with Gasteiger partial charge in [0.05, 0.1) is 32.5 Å². The molecule has 2 aliphatic heterocycles. The fraction of sp³-hybridized carbons (Fsp3) is 0.478. The van der Waals surface area contributed by atoms with Crippen molar-refractivity contribution in [2.24, 2.45) is 5.92 Å². The number of fused-ring (bicyclic) bond motifs is 1. The van der Waals surface area contributed by atoms with Crippen LogP contribution in [-0.2, 0) is 36.9 Å². The zero-order valence-corrected chi connectivity index (χ0v) is 16.5. The molecule has 28 heavy (non-hydrogen) atoms. The molecule has 150 valence electrons. The van der Waals surface area contributed by atoms with Crippen LogP contribution in [0.1, 0.15) is 25.0 Å². The summed E-state index contributed by atoms with van der Waals surface area (Å²) >= 11 is 0. The molecule has 4 atom stereocenters. The molecule has 4 rings (SSSR count). The fourth-order valence-electron chi connectivity index (χ4n) is 3.76. The number of hydrogen-bond donors (Lipinski definition) is 0. The standard InChI is InChI=1S/C23H28O5/c1-23(2)27-21-19(15-24-13-17-9-5-3-6-10-17)20(26-22(21)28-23)16-25-14-18-11-7-4-8-12-18/h3-12,19-22H,13-16H2,1-2H3/t19?,20-,21?,22+/m1/s1. The quantitative estimate of drug-likeness (QED) is 0.690. The Morgan fingerprint density at radius 1 is 0.786 bits per heavy atom. The van der Waals surface area contributed by atoms with Crippen molar-refractivity contribution in [3.05, 3.63) is 71.8 Å². The van der Waals surface area contributed by atoms with Crippen LogP contribution >= 0.6 is 0 Å². The molecule has 0 spiro atoms. The average Bonchev–Trinajstić information content (AvgIpc) is 3.15. The van der Waals surface area contributed by atoms with Crippen LogP contribution in [0.4, 0.5) is 0 Å². The average molecular weight is 384 g/mol. The van der Waals surface area contributed by atoms with Gasteiger partial charge in [0.15, 0.2) is 12.1 Å². The van der Waals surface area contributed by atoms with Crippen molar-refractivity contribution in [3.63, 3.8) is 0 Å². The van der Waals surface area contributed by atoms with E-state index in [0.717, 1.165) is 11.1 Å². The normalized spacial score (nSPS) is 28.4. The molecule has 2 fully saturated rings. The van der Waals surface area contributed by atoms with E-state index in [1.807, 2.05) is 50.2 Å². The summed E-state index contributed by atoms with van der Waals surface area (Å²) in [6.45, 7) is 5.97. The Morgan fingerprint density at radius 2 is 1.36 bits per heavy atom. The second-order valence-corrected chi connectivity index (χ2v) is 7.81. The van der Waals surface area contributed by atoms with E-state index in [1.54, 1.807) is 0 Å². The molecule has 0 amide bonds. The third-order valence-electron chi connectivity index (χ3n) is 5.11. The minimum atomic E-state index is -0.636. The summed E-state index contributed by atoms with van der Waals surface area (Å²) in [5.74, 6) is -0.575. The fourth-order valence-corrected chi connectivity index (χ4v) is 3.76. The lowest BCUT2D eigenvalue weighted by molar-refractivity contribution is -0.217. The summed E-state index contributed by atoms with van der Waals surface area (Å²) in [5.41, 5.74) is 2.30. The van der Waals surface area contributed by atoms with Gasteiger partial charge in [-0.05, 0) is 25.0 Å². The number of benzene rings is 2. The molecule has 0 radical (unpaired) electrons. The lowest BCUT2D eigenvalue weighted by atomic mass is 10.00. The molecule has 0 N–H and O–H groups in total. The second-order valence-electron chi connectivity index (χ2n) is 7.81. The third kappa shape index (κ3) is 4.80. The summed E-state index contributed by atoms with van der Waals surface area (Å²) in [7, 11) is 0. The van der Waals surface area contributed by atoms with Crippen molar-refractivity contribution < 1.29 is 23.7 Å². The molecule has 0 aliphatic carbocycles. The minimum Gasteiger partial charge on any atom is -0.376 e. The second kappa shape index (κ2) is 8.72. The van der Waals surface area contributed by atoms with Gasteiger partial charge in [0.2, 0.25) is 0 Å². The van der Waals surface area contributed by atoms with Crippen molar-refractivity contribution in [3.8, 4) is 0 Å². The van der Waals surface area contributed by atoms with Crippen LogP contribution in [0, 0.1) is 5.92 Å². The van der Waals surface area contributed by atoms with E-state index >= 15 is 0 Å². The minimum absolute atomic E-state index is 0.0614. The molecule has 0 bridgehead atoms. The topological polar surface area (TPSA) is 46.2 Å². The SMILES string of the molecule is CC1(C)OC2C(COCc3ccccc3)[C@@H](COCc3ccccc3)O[C@H]2O1. The molecule has 2 aromatic carbocycles. The van der Waals surface area contributed by atoms with E-state index in [1.165, 1.54) is 0 Å². The highest BCUT2D eigenvalue weighted by Crippen LogP contribution is 2.41. The van der Waals surface area contributed by atoms with E-state index < -0.39 is 5.79 Å². The molecular formula is C23H28O5. The first-order chi connectivity index (χ1) is 13.6. The first-order valence-electron chi connectivity index (χ1n) is 9.85. The van der Waals surface area contributed by atoms with Crippen LogP contribution in [0.5, 0.6) is 0 Å². The number of ether oxygens (including phenoxy) is 5. The summed E-state index contributed by atoms with van der Waals surface area (Å²) in [5, 5.41) is 0. The number of rotatable bonds is 8. The van der Waals surface area contributed by atoms with Gasteiger partial charge >= 0.3 is 0 Å². The zero-order chi connectivity index (χ0) is 19.4. The van der Waals surface area contributed by atoms with Crippen molar-refractivity contribution in [1.29, 1.82) is 0 Å². The molecular weight excluding hydrogens is 356 g/mol. The van der Waals surface area contributed by atoms with E-state index in [2.05, 4.69) is 24.3 Å². The summed E-state index contributed by atoms with van der Waals surface area (Å²) < 4.78 is 30.1. The molecule has 0 aromatic heterocycles. The van der Waals surface area contributed by atoms with Gasteiger partial charge in [-0.1, -0.05) is 60.7 Å². The van der Waals surface area contributed by atoms with E-state index in [-0.39, 0.29) is 24.4 Å². The van der Waals surface area contributed by atoms with Crippen molar-refractivity contribution in [2.45, 2.75) is 51.3 Å². The molecule has 2 aliphatic rings. The maximum Gasteiger partial charge on any atom is 0.188 e. The van der Waals surface area contributed by atoms with Gasteiger partial charge in [0, 0.05) is 5.92 Å². The van der Waals surface area contributed by atoms with E-state index in [4.69, 9.17) is 23.7 Å². The van der Waals surface area contributed by atoms with Crippen LogP contribution in [0.25, 0.3) is 0 Å². The predicted octanol–water partition coefficient (Wildman–Crippen LogP) is 3.91. The van der Waals surface area contributed by atoms with Gasteiger partial charge < -0.3 is 23.7 Å². The Balaban J connectivity index is 1.34. The maximum atomic E-state index is 6.12. The molecule has 2 unspecified atom stereocenters. The molecule has 2 saturated heterocycles. The summed E-state index contributed by atoms with van der Waals surface area (Å²) in [4.78, 5) is 0. The highest BCUT2D eigenvalue weighted by Gasteiger charge is 2.54. The predicted molar refractivity (Wildman–Crippen MR) is 104 cm³/mol. The van der Waals surface area contributed by atoms with Crippen LogP contribution < -0.4 is 0 Å². The van der Waals surface area contributed by atoms with Gasteiger partial charge in [-0.2, -0.15) is 0 Å². The van der Waals surface area contributed by atoms with Crippen LogP contribution in [0.3, 0.4) is 0 Å².